The number of aromatic nitrogens is 2. The predicted octanol–water partition coefficient (Wildman–Crippen LogP) is 6.34. The van der Waals surface area contributed by atoms with Crippen LogP contribution in [0.2, 0.25) is 0 Å². The second-order valence-corrected chi connectivity index (χ2v) is 16.4. The third-order valence-corrected chi connectivity index (χ3v) is 12.9. The molecule has 0 unspecified atom stereocenters. The Balaban J connectivity index is 1.14. The van der Waals surface area contributed by atoms with Crippen molar-refractivity contribution in [2.75, 3.05) is 0 Å². The van der Waals surface area contributed by atoms with Crippen molar-refractivity contribution in [1.29, 1.82) is 0 Å². The minimum absolute atomic E-state index is 0.160. The molecule has 0 saturated heterocycles. The normalized spacial score (nSPS) is 11.9. The van der Waals surface area contributed by atoms with Gasteiger partial charge in [-0.15, -0.1) is 10.9 Å². The van der Waals surface area contributed by atoms with Crippen molar-refractivity contribution >= 4 is 159 Å². The van der Waals surface area contributed by atoms with E-state index in [0.29, 0.717) is 49.3 Å². The van der Waals surface area contributed by atoms with E-state index < -0.39 is 0 Å². The van der Waals surface area contributed by atoms with Crippen LogP contribution < -0.4 is 38.2 Å². The molecule has 0 amide bonds. The maximum absolute atomic E-state index is 7.44. The summed E-state index contributed by atoms with van der Waals surface area (Å²) in [6.45, 7) is 0. The first kappa shape index (κ1) is 38.5. The highest BCUT2D eigenvalue weighted by Gasteiger charge is 2.26. The highest BCUT2D eigenvalue weighted by molar-refractivity contribution is 6.69. The Labute approximate surface area is 379 Å². The van der Waals surface area contributed by atoms with E-state index in [1.165, 1.54) is 0 Å². The SMILES string of the molecule is [B]c1c([B])c([B])c2c(c1[B])c1c([B])c(-c3ccc4c(c3)c3cc(-c5ccccc5)ccc3n4-c3ccc(-c4ccccc4)cc3)c([B])c([B])c1n2-c1cccc2oc3ccccc3c12. The molecule has 3 aromatic heterocycles. The maximum atomic E-state index is 7.44. The third-order valence-electron chi connectivity index (χ3n) is 12.9. The highest BCUT2D eigenvalue weighted by atomic mass is 16.3. The van der Waals surface area contributed by atoms with Crippen LogP contribution >= 0.6 is 0 Å². The molecule has 3 nitrogen and oxygen atoms in total. The van der Waals surface area contributed by atoms with Crippen LogP contribution in [0.3, 0.4) is 0 Å². The summed E-state index contributed by atoms with van der Waals surface area (Å²) in [5.41, 5.74) is 13.9. The van der Waals surface area contributed by atoms with Crippen molar-refractivity contribution in [3.63, 3.8) is 0 Å². The van der Waals surface area contributed by atoms with Crippen molar-refractivity contribution in [3.8, 4) is 44.8 Å². The Morgan fingerprint density at radius 2 is 0.844 bits per heavy atom. The van der Waals surface area contributed by atoms with Gasteiger partial charge in [-0.1, -0.05) is 137 Å². The fraction of sp³-hybridized carbons (Fsp3) is 0. The van der Waals surface area contributed by atoms with Gasteiger partial charge in [0.1, 0.15) is 66.1 Å². The van der Waals surface area contributed by atoms with E-state index in [2.05, 4.69) is 108 Å². The van der Waals surface area contributed by atoms with Crippen LogP contribution in [0.4, 0.5) is 0 Å². The number of nitrogens with zero attached hydrogens (tertiary/aromatic N) is 2. The molecule has 14 radical (unpaired) electrons. The van der Waals surface area contributed by atoms with Crippen LogP contribution in [0.15, 0.2) is 168 Å². The summed E-state index contributed by atoms with van der Waals surface area (Å²) in [6, 6.07) is 56.1. The van der Waals surface area contributed by atoms with Crippen molar-refractivity contribution in [1.82, 2.24) is 9.13 Å². The van der Waals surface area contributed by atoms with Gasteiger partial charge in [-0.2, -0.15) is 0 Å². The van der Waals surface area contributed by atoms with Crippen molar-refractivity contribution in [2.24, 2.45) is 0 Å². The molecule has 0 N–H and O–H groups in total. The molecule has 0 aliphatic heterocycles. The Morgan fingerprint density at radius 3 is 1.53 bits per heavy atom. The van der Waals surface area contributed by atoms with Gasteiger partial charge >= 0.3 is 0 Å². The lowest BCUT2D eigenvalue weighted by Crippen LogP contribution is -2.48. The van der Waals surface area contributed by atoms with Crippen LogP contribution in [0.25, 0.3) is 110 Å². The first-order valence-electron chi connectivity index (χ1n) is 21.0. The quantitative estimate of drug-likeness (QED) is 0.187. The Kier molecular flexibility index (Phi) is 8.69. The second-order valence-electron chi connectivity index (χ2n) is 16.4. The molecule has 12 rings (SSSR count). The molecule has 0 fully saturated rings. The summed E-state index contributed by atoms with van der Waals surface area (Å²) < 4.78 is 10.6. The van der Waals surface area contributed by atoms with Gasteiger partial charge < -0.3 is 13.6 Å². The molecule has 0 spiro atoms. The van der Waals surface area contributed by atoms with Crippen molar-refractivity contribution in [3.05, 3.63) is 164 Å². The Hall–Kier alpha value is -7.17. The number of para-hydroxylation sites is 1. The van der Waals surface area contributed by atoms with Crippen LogP contribution in [-0.4, -0.2) is 64.1 Å². The van der Waals surface area contributed by atoms with E-state index in [4.69, 9.17) is 59.3 Å². The molecular weight excluding hydrogens is 768 g/mol. The first-order valence-corrected chi connectivity index (χ1v) is 21.0. The second kappa shape index (κ2) is 14.4. The van der Waals surface area contributed by atoms with Crippen LogP contribution in [0.1, 0.15) is 0 Å². The summed E-state index contributed by atoms with van der Waals surface area (Å²) in [5, 5.41) is 4.91. The molecule has 0 saturated carbocycles. The minimum Gasteiger partial charge on any atom is -0.456 e. The average molecular weight is 796 g/mol. The van der Waals surface area contributed by atoms with E-state index in [0.717, 1.165) is 77.4 Å². The zero-order valence-electron chi connectivity index (χ0n) is 34.4. The van der Waals surface area contributed by atoms with Gasteiger partial charge in [0.15, 0.2) is 0 Å². The molecular formula is C54H27B7N2O. The molecule has 0 aliphatic carbocycles. The Morgan fingerprint density at radius 1 is 0.328 bits per heavy atom. The zero-order chi connectivity index (χ0) is 43.5. The monoisotopic (exact) mass is 796 g/mol. The molecule has 0 atom stereocenters. The number of rotatable bonds is 5. The summed E-state index contributed by atoms with van der Waals surface area (Å²) >= 11 is 0. The lowest BCUT2D eigenvalue weighted by atomic mass is 9.64. The zero-order valence-corrected chi connectivity index (χ0v) is 34.4. The van der Waals surface area contributed by atoms with Gasteiger partial charge in [-0.3, -0.25) is 0 Å². The minimum atomic E-state index is 0.160. The average Bonchev–Trinajstić information content (AvgIpc) is 4.01. The maximum Gasteiger partial charge on any atom is 0.137 e. The molecule has 280 valence electrons. The Bertz CT molecular complexity index is 3910. The van der Waals surface area contributed by atoms with Crippen LogP contribution in [0, 0.1) is 0 Å². The third kappa shape index (κ3) is 5.51. The number of hydrogen-bond acceptors (Lipinski definition) is 1. The van der Waals surface area contributed by atoms with Gasteiger partial charge in [-0.05, 0) is 93.4 Å². The molecule has 0 aliphatic rings. The fourth-order valence-corrected chi connectivity index (χ4v) is 9.89. The van der Waals surface area contributed by atoms with Crippen molar-refractivity contribution < 1.29 is 4.42 Å². The first-order chi connectivity index (χ1) is 31.2. The van der Waals surface area contributed by atoms with Crippen LogP contribution in [-0.2, 0) is 0 Å². The van der Waals surface area contributed by atoms with E-state index >= 15 is 0 Å². The molecule has 10 heteroatoms. The number of fused-ring (bicyclic) bond motifs is 9. The summed E-state index contributed by atoms with van der Waals surface area (Å²) in [6.07, 6.45) is 0. The highest BCUT2D eigenvalue weighted by Crippen LogP contribution is 2.40. The summed E-state index contributed by atoms with van der Waals surface area (Å²) in [7, 11) is 49.1. The molecule has 12 aromatic rings. The standard InChI is InChI=1S/C54H27B7N2O/c55-46-42(47(56)51(60)53-44(46)45-48(57)49(58)50(59)52(61)54(45)63(53)39-15-9-17-41-43(39)34-14-7-8-16-40(34)64-41)32-21-25-38-36(27-32)35-26-31(29-12-5-2-6-13-29)20-24-37(35)62(38)33-22-18-30(19-23-33)28-10-3-1-4-11-28/h1-27H. The lowest BCUT2D eigenvalue weighted by Gasteiger charge is -2.19. The number of furan rings is 1. The largest absolute Gasteiger partial charge is 0.456 e. The van der Waals surface area contributed by atoms with Gasteiger partial charge in [0.25, 0.3) is 0 Å². The topological polar surface area (TPSA) is 23.0 Å². The molecule has 64 heavy (non-hydrogen) atoms. The number of hydrogen-bond donors (Lipinski definition) is 0. The van der Waals surface area contributed by atoms with Gasteiger partial charge in [-0.25, -0.2) is 0 Å². The molecule has 0 bridgehead atoms. The fourth-order valence-electron chi connectivity index (χ4n) is 9.89. The van der Waals surface area contributed by atoms with Gasteiger partial charge in [0, 0.05) is 38.3 Å². The van der Waals surface area contributed by atoms with E-state index in [1.807, 2.05) is 65.2 Å². The molecule has 3 heterocycles. The smallest absolute Gasteiger partial charge is 0.137 e. The molecule has 9 aromatic carbocycles. The van der Waals surface area contributed by atoms with Crippen molar-refractivity contribution in [2.45, 2.75) is 0 Å². The summed E-state index contributed by atoms with van der Waals surface area (Å²) in [4.78, 5) is 0. The number of benzene rings is 9. The van der Waals surface area contributed by atoms with Gasteiger partial charge in [0.2, 0.25) is 0 Å². The predicted molar refractivity (Wildman–Crippen MR) is 276 cm³/mol. The van der Waals surface area contributed by atoms with E-state index in [9.17, 15) is 0 Å². The van der Waals surface area contributed by atoms with E-state index in [1.54, 1.807) is 0 Å². The van der Waals surface area contributed by atoms with Crippen LogP contribution in [0.5, 0.6) is 0 Å². The summed E-state index contributed by atoms with van der Waals surface area (Å²) in [5.74, 6) is 0. The van der Waals surface area contributed by atoms with E-state index in [-0.39, 0.29) is 21.9 Å². The lowest BCUT2D eigenvalue weighted by molar-refractivity contribution is 0.669. The van der Waals surface area contributed by atoms with Gasteiger partial charge in [0.05, 0.1) is 22.1 Å².